The van der Waals surface area contributed by atoms with Crippen molar-refractivity contribution in [2.24, 2.45) is 0 Å². The van der Waals surface area contributed by atoms with Gasteiger partial charge >= 0.3 is 0 Å². The number of hydrogen-bond acceptors (Lipinski definition) is 1. The van der Waals surface area contributed by atoms with E-state index >= 15 is 0 Å². The van der Waals surface area contributed by atoms with Gasteiger partial charge in [0.05, 0.1) is 5.71 Å². The molecule has 80 valence electrons. The summed E-state index contributed by atoms with van der Waals surface area (Å²) in [6.07, 6.45) is 0. The topological polar surface area (TPSA) is 23.9 Å². The fraction of sp³-hybridized carbons (Fsp3) is 0. The van der Waals surface area contributed by atoms with Crippen LogP contribution in [0.1, 0.15) is 11.1 Å². The van der Waals surface area contributed by atoms with E-state index in [-0.39, 0.29) is 11.3 Å². The van der Waals surface area contributed by atoms with E-state index in [1.54, 1.807) is 18.2 Å². The molecule has 0 radical (unpaired) electrons. The molecule has 0 unspecified atom stereocenters. The molecule has 0 heterocycles. The molecule has 0 saturated carbocycles. The van der Waals surface area contributed by atoms with Crippen molar-refractivity contribution >= 4 is 17.3 Å². The average molecular weight is 234 g/mol. The highest BCUT2D eigenvalue weighted by Crippen LogP contribution is 2.17. The normalized spacial score (nSPS) is 10.1. The van der Waals surface area contributed by atoms with Gasteiger partial charge in [-0.2, -0.15) is 0 Å². The van der Waals surface area contributed by atoms with Crippen molar-refractivity contribution in [2.75, 3.05) is 0 Å². The molecule has 1 nitrogen and oxygen atoms in total. The van der Waals surface area contributed by atoms with E-state index in [4.69, 9.17) is 17.0 Å². The number of rotatable bonds is 2. The Morgan fingerprint density at radius 1 is 1.06 bits per heavy atom. The summed E-state index contributed by atoms with van der Waals surface area (Å²) in [5, 5.41) is 8.23. The van der Waals surface area contributed by atoms with Gasteiger partial charge in [0.25, 0.3) is 0 Å². The van der Waals surface area contributed by atoms with Gasteiger partial charge in [-0.25, -0.2) is 4.39 Å². The van der Waals surface area contributed by atoms with Crippen LogP contribution in [0.25, 0.3) is 0 Å². The van der Waals surface area contributed by atoms with E-state index in [0.717, 1.165) is 0 Å². The maximum Gasteiger partial charge on any atom is 0.134 e. The average Bonchev–Trinajstić information content (AvgIpc) is 2.29. The van der Waals surface area contributed by atoms with Gasteiger partial charge in [-0.05, 0) is 18.2 Å². The van der Waals surface area contributed by atoms with E-state index in [0.29, 0.717) is 10.6 Å². The third-order valence-electron chi connectivity index (χ3n) is 2.26. The van der Waals surface area contributed by atoms with Crippen LogP contribution in [-0.4, -0.2) is 5.71 Å². The molecule has 3 heteroatoms. The smallest absolute Gasteiger partial charge is 0.134 e. The van der Waals surface area contributed by atoms with Crippen LogP contribution in [0, 0.1) is 11.2 Å². The Balaban J connectivity index is 2.42. The van der Waals surface area contributed by atoms with Crippen LogP contribution >= 0.6 is 11.6 Å². The highest BCUT2D eigenvalue weighted by molar-refractivity contribution is 6.30. The molecule has 1 N–H and O–H groups in total. The van der Waals surface area contributed by atoms with E-state index in [1.165, 1.54) is 12.1 Å². The summed E-state index contributed by atoms with van der Waals surface area (Å²) in [7, 11) is 0. The van der Waals surface area contributed by atoms with Crippen molar-refractivity contribution in [3.63, 3.8) is 0 Å². The Morgan fingerprint density at radius 2 is 1.75 bits per heavy atom. The van der Waals surface area contributed by atoms with Crippen LogP contribution in [0.15, 0.2) is 48.5 Å². The molecular formula is C13H9ClFN. The molecule has 0 atom stereocenters. The van der Waals surface area contributed by atoms with Gasteiger partial charge in [-0.3, -0.25) is 5.41 Å². The first-order valence-electron chi connectivity index (χ1n) is 4.78. The fourth-order valence-electron chi connectivity index (χ4n) is 1.45. The fourth-order valence-corrected chi connectivity index (χ4v) is 1.61. The van der Waals surface area contributed by atoms with Gasteiger partial charge in [-0.1, -0.05) is 41.9 Å². The highest BCUT2D eigenvalue weighted by Gasteiger charge is 2.09. The second-order valence-corrected chi connectivity index (χ2v) is 3.80. The van der Waals surface area contributed by atoms with E-state index in [9.17, 15) is 4.39 Å². The molecule has 2 aromatic rings. The highest BCUT2D eigenvalue weighted by atomic mass is 35.5. The van der Waals surface area contributed by atoms with Crippen molar-refractivity contribution in [1.29, 1.82) is 5.41 Å². The summed E-state index contributed by atoms with van der Waals surface area (Å²) in [6.45, 7) is 0. The molecule has 0 fully saturated rings. The van der Waals surface area contributed by atoms with Crippen LogP contribution in [0.5, 0.6) is 0 Å². The summed E-state index contributed by atoms with van der Waals surface area (Å²) < 4.78 is 13.6. The van der Waals surface area contributed by atoms with Gasteiger partial charge in [-0.15, -0.1) is 0 Å². The van der Waals surface area contributed by atoms with Crippen LogP contribution in [0.2, 0.25) is 5.02 Å². The predicted molar refractivity (Wildman–Crippen MR) is 63.8 cm³/mol. The predicted octanol–water partition coefficient (Wildman–Crippen LogP) is 3.90. The molecule has 0 bridgehead atoms. The monoisotopic (exact) mass is 233 g/mol. The lowest BCUT2D eigenvalue weighted by Crippen LogP contribution is -2.03. The lowest BCUT2D eigenvalue weighted by Gasteiger charge is -2.05. The summed E-state index contributed by atoms with van der Waals surface area (Å²) in [5.74, 6) is -0.471. The van der Waals surface area contributed by atoms with Gasteiger partial charge in [0.2, 0.25) is 0 Å². The molecule has 0 saturated heterocycles. The third-order valence-corrected chi connectivity index (χ3v) is 2.50. The van der Waals surface area contributed by atoms with E-state index in [2.05, 4.69) is 0 Å². The van der Waals surface area contributed by atoms with Gasteiger partial charge in [0, 0.05) is 16.1 Å². The Labute approximate surface area is 98.0 Å². The molecule has 0 aliphatic carbocycles. The van der Waals surface area contributed by atoms with Crippen molar-refractivity contribution in [1.82, 2.24) is 0 Å². The lowest BCUT2D eigenvalue weighted by atomic mass is 10.0. The molecule has 2 rings (SSSR count). The maximum atomic E-state index is 13.6. The summed E-state index contributed by atoms with van der Waals surface area (Å²) in [6, 6.07) is 13.4. The van der Waals surface area contributed by atoms with E-state index < -0.39 is 5.82 Å². The number of nitrogens with one attached hydrogen (secondary N) is 1. The van der Waals surface area contributed by atoms with Crippen LogP contribution in [-0.2, 0) is 0 Å². The first-order valence-corrected chi connectivity index (χ1v) is 5.15. The lowest BCUT2D eigenvalue weighted by molar-refractivity contribution is 0.625. The van der Waals surface area contributed by atoms with Gasteiger partial charge < -0.3 is 0 Å². The summed E-state index contributed by atoms with van der Waals surface area (Å²) in [5.41, 5.74) is 1.11. The summed E-state index contributed by atoms with van der Waals surface area (Å²) in [4.78, 5) is 0. The van der Waals surface area contributed by atoms with Crippen LogP contribution < -0.4 is 0 Å². The number of halogens is 2. The first kappa shape index (κ1) is 10.8. The second-order valence-electron chi connectivity index (χ2n) is 3.37. The standard InChI is InChI=1S/C13H9ClFN/c14-10-6-7-11(12(15)8-10)13(16)9-4-2-1-3-5-9/h1-8,16H. The van der Waals surface area contributed by atoms with Crippen LogP contribution in [0.3, 0.4) is 0 Å². The van der Waals surface area contributed by atoms with Gasteiger partial charge in [0.1, 0.15) is 5.82 Å². The van der Waals surface area contributed by atoms with E-state index in [1.807, 2.05) is 18.2 Å². The molecule has 2 aromatic carbocycles. The summed E-state index contributed by atoms with van der Waals surface area (Å²) >= 11 is 5.66. The Hall–Kier alpha value is -1.67. The number of hydrogen-bond donors (Lipinski definition) is 1. The number of benzene rings is 2. The Bertz CT molecular complexity index is 523. The van der Waals surface area contributed by atoms with Crippen molar-refractivity contribution < 1.29 is 4.39 Å². The minimum absolute atomic E-state index is 0.162. The van der Waals surface area contributed by atoms with Gasteiger partial charge in [0.15, 0.2) is 0 Å². The molecular weight excluding hydrogens is 225 g/mol. The molecule has 0 aromatic heterocycles. The van der Waals surface area contributed by atoms with Crippen molar-refractivity contribution in [3.05, 3.63) is 70.5 Å². The Morgan fingerprint density at radius 3 is 2.38 bits per heavy atom. The zero-order valence-corrected chi connectivity index (χ0v) is 9.13. The largest absolute Gasteiger partial charge is 0.300 e. The molecule has 0 amide bonds. The zero-order valence-electron chi connectivity index (χ0n) is 8.37. The first-order chi connectivity index (χ1) is 7.68. The molecule has 16 heavy (non-hydrogen) atoms. The quantitative estimate of drug-likeness (QED) is 0.761. The van der Waals surface area contributed by atoms with Crippen molar-refractivity contribution in [3.8, 4) is 0 Å². The second kappa shape index (κ2) is 4.45. The minimum Gasteiger partial charge on any atom is -0.300 e. The third kappa shape index (κ3) is 2.12. The zero-order chi connectivity index (χ0) is 11.5. The SMILES string of the molecule is N=C(c1ccccc1)c1ccc(Cl)cc1F. The Kier molecular flexibility index (Phi) is 3.02. The molecule has 0 aliphatic rings. The van der Waals surface area contributed by atoms with Crippen molar-refractivity contribution in [2.45, 2.75) is 0 Å². The minimum atomic E-state index is -0.471. The molecule has 0 aliphatic heterocycles. The van der Waals surface area contributed by atoms with Crippen LogP contribution in [0.4, 0.5) is 4.39 Å². The molecule has 0 spiro atoms. The maximum absolute atomic E-state index is 13.6.